The molecule has 0 aromatic heterocycles. The van der Waals surface area contributed by atoms with Crippen molar-refractivity contribution in [2.24, 2.45) is 0 Å². The Labute approximate surface area is 146 Å². The lowest BCUT2D eigenvalue weighted by atomic mass is 9.75. The molecule has 2 aromatic rings. The highest BCUT2D eigenvalue weighted by Gasteiger charge is 2.39. The molecule has 0 unspecified atom stereocenters. The van der Waals surface area contributed by atoms with Gasteiger partial charge >= 0.3 is 6.09 Å². The largest absolute Gasteiger partial charge is 0.445 e. The van der Waals surface area contributed by atoms with Crippen LogP contribution in [0.25, 0.3) is 0 Å². The normalized spacial score (nSPS) is 21.7. The average molecular weight is 336 g/mol. The number of ether oxygens (including phenoxy) is 1. The molecule has 5 nitrogen and oxygen atoms in total. The summed E-state index contributed by atoms with van der Waals surface area (Å²) in [5.74, 6) is 0. The van der Waals surface area contributed by atoms with Crippen LogP contribution in [-0.2, 0) is 23.4 Å². The number of nitrogens with zero attached hydrogens (tertiary/aromatic N) is 1. The highest BCUT2D eigenvalue weighted by Crippen LogP contribution is 2.37. The van der Waals surface area contributed by atoms with Crippen molar-refractivity contribution in [2.75, 3.05) is 0 Å². The Kier molecular flexibility index (Phi) is 5.01. The zero-order chi connectivity index (χ0) is 17.7. The molecule has 0 radical (unpaired) electrons. The molecule has 0 saturated heterocycles. The summed E-state index contributed by atoms with van der Waals surface area (Å²) in [5, 5.41) is 22.8. The fraction of sp³-hybridized carbons (Fsp3) is 0.300. The number of amides is 1. The van der Waals surface area contributed by atoms with Gasteiger partial charge in [-0.25, -0.2) is 4.79 Å². The molecular weight excluding hydrogens is 316 g/mol. The lowest BCUT2D eigenvalue weighted by Gasteiger charge is -2.37. The van der Waals surface area contributed by atoms with E-state index < -0.39 is 11.7 Å². The van der Waals surface area contributed by atoms with E-state index >= 15 is 0 Å². The highest BCUT2D eigenvalue weighted by atomic mass is 16.5. The van der Waals surface area contributed by atoms with E-state index in [1.165, 1.54) is 0 Å². The van der Waals surface area contributed by atoms with E-state index in [1.807, 2.05) is 60.7 Å². The fourth-order valence-electron chi connectivity index (χ4n) is 3.34. The molecule has 0 spiro atoms. The van der Waals surface area contributed by atoms with Gasteiger partial charge in [-0.2, -0.15) is 5.26 Å². The predicted molar refractivity (Wildman–Crippen MR) is 92.4 cm³/mol. The molecule has 0 heterocycles. The first-order valence-electron chi connectivity index (χ1n) is 8.26. The van der Waals surface area contributed by atoms with Gasteiger partial charge in [0.2, 0.25) is 0 Å². The van der Waals surface area contributed by atoms with Gasteiger partial charge < -0.3 is 15.2 Å². The van der Waals surface area contributed by atoms with Gasteiger partial charge in [0.15, 0.2) is 0 Å². The molecule has 2 atom stereocenters. The number of nitriles is 1. The number of nitrogens with one attached hydrogen (secondary N) is 1. The van der Waals surface area contributed by atoms with Crippen LogP contribution in [0.15, 0.2) is 54.6 Å². The molecule has 2 aromatic carbocycles. The van der Waals surface area contributed by atoms with Crippen LogP contribution < -0.4 is 5.32 Å². The molecule has 1 aliphatic rings. The maximum atomic E-state index is 12.1. The van der Waals surface area contributed by atoms with E-state index in [9.17, 15) is 9.90 Å². The Morgan fingerprint density at radius 2 is 1.96 bits per heavy atom. The Morgan fingerprint density at radius 1 is 1.24 bits per heavy atom. The third-order valence-corrected chi connectivity index (χ3v) is 4.48. The van der Waals surface area contributed by atoms with Crippen molar-refractivity contribution in [3.8, 4) is 6.07 Å². The summed E-state index contributed by atoms with van der Waals surface area (Å²) in [4.78, 5) is 12.1. The van der Waals surface area contributed by atoms with Gasteiger partial charge in [-0.3, -0.25) is 0 Å². The minimum atomic E-state index is -1.25. The van der Waals surface area contributed by atoms with Crippen LogP contribution in [0.1, 0.15) is 29.5 Å². The van der Waals surface area contributed by atoms with Gasteiger partial charge in [0.05, 0.1) is 12.5 Å². The zero-order valence-electron chi connectivity index (χ0n) is 13.8. The van der Waals surface area contributed by atoms with Gasteiger partial charge in [0, 0.05) is 12.5 Å². The second-order valence-electron chi connectivity index (χ2n) is 6.33. The van der Waals surface area contributed by atoms with Gasteiger partial charge in [0.25, 0.3) is 0 Å². The maximum Gasteiger partial charge on any atom is 0.407 e. The quantitative estimate of drug-likeness (QED) is 0.899. The van der Waals surface area contributed by atoms with E-state index in [4.69, 9.17) is 10.00 Å². The highest BCUT2D eigenvalue weighted by molar-refractivity contribution is 5.67. The predicted octanol–water partition coefficient (Wildman–Crippen LogP) is 3.03. The van der Waals surface area contributed by atoms with E-state index in [2.05, 4.69) is 5.32 Å². The zero-order valence-corrected chi connectivity index (χ0v) is 13.8. The molecule has 5 heteroatoms. The molecule has 1 amide bonds. The van der Waals surface area contributed by atoms with Crippen molar-refractivity contribution in [3.63, 3.8) is 0 Å². The number of benzene rings is 2. The fourth-order valence-corrected chi connectivity index (χ4v) is 3.34. The molecule has 0 aliphatic heterocycles. The number of hydrogen-bond acceptors (Lipinski definition) is 4. The second-order valence-corrected chi connectivity index (χ2v) is 6.33. The van der Waals surface area contributed by atoms with Crippen molar-refractivity contribution in [1.82, 2.24) is 5.32 Å². The van der Waals surface area contributed by atoms with E-state index in [1.54, 1.807) is 0 Å². The molecule has 25 heavy (non-hydrogen) atoms. The Hall–Kier alpha value is -2.84. The minimum Gasteiger partial charge on any atom is -0.445 e. The molecule has 128 valence electrons. The van der Waals surface area contributed by atoms with Crippen LogP contribution in [0, 0.1) is 11.3 Å². The molecule has 0 bridgehead atoms. The third-order valence-electron chi connectivity index (χ3n) is 4.48. The standard InChI is InChI=1S/C20H20N2O3/c21-11-10-20(24)13-17(12-16-8-4-5-9-18(16)20)22-19(23)25-14-15-6-2-1-3-7-15/h1-9,17,24H,10,12-14H2,(H,22,23)/t17-,20+/m0/s1. The van der Waals surface area contributed by atoms with E-state index in [0.717, 1.165) is 16.7 Å². The Balaban J connectivity index is 1.65. The van der Waals surface area contributed by atoms with Gasteiger partial charge in [-0.05, 0) is 23.1 Å². The van der Waals surface area contributed by atoms with Crippen LogP contribution in [0.5, 0.6) is 0 Å². The lowest BCUT2D eigenvalue weighted by molar-refractivity contribution is 0.0130. The van der Waals surface area contributed by atoms with Crippen LogP contribution in [0.2, 0.25) is 0 Å². The van der Waals surface area contributed by atoms with Crippen molar-refractivity contribution in [3.05, 3.63) is 71.3 Å². The lowest BCUT2D eigenvalue weighted by Crippen LogP contribution is -2.46. The SMILES string of the molecule is N#CC[C@@]1(O)C[C@@H](NC(=O)OCc2ccccc2)Cc2ccccc21. The second kappa shape index (κ2) is 7.37. The van der Waals surface area contributed by atoms with Crippen molar-refractivity contribution in [2.45, 2.75) is 37.5 Å². The smallest absolute Gasteiger partial charge is 0.407 e. The van der Waals surface area contributed by atoms with Crippen molar-refractivity contribution < 1.29 is 14.6 Å². The Morgan fingerprint density at radius 3 is 2.72 bits per heavy atom. The summed E-state index contributed by atoms with van der Waals surface area (Å²) >= 11 is 0. The summed E-state index contributed by atoms with van der Waals surface area (Å²) in [5.41, 5.74) is 1.38. The van der Waals surface area contributed by atoms with E-state index in [-0.39, 0.29) is 25.5 Å². The molecule has 3 rings (SSSR count). The summed E-state index contributed by atoms with van der Waals surface area (Å²) < 4.78 is 5.25. The monoisotopic (exact) mass is 336 g/mol. The van der Waals surface area contributed by atoms with Crippen LogP contribution in [-0.4, -0.2) is 17.2 Å². The van der Waals surface area contributed by atoms with E-state index in [0.29, 0.717) is 6.42 Å². The molecule has 2 N–H and O–H groups in total. The molecular formula is C20H20N2O3. The summed E-state index contributed by atoms with van der Waals surface area (Å²) in [6, 6.07) is 18.7. The number of hydrogen-bond donors (Lipinski definition) is 2. The van der Waals surface area contributed by atoms with Crippen LogP contribution in [0.3, 0.4) is 0 Å². The first-order valence-corrected chi connectivity index (χ1v) is 8.26. The Bertz CT molecular complexity index is 785. The minimum absolute atomic E-state index is 0.0126. The van der Waals surface area contributed by atoms with Crippen LogP contribution >= 0.6 is 0 Å². The van der Waals surface area contributed by atoms with Crippen molar-refractivity contribution in [1.29, 1.82) is 5.26 Å². The first-order chi connectivity index (χ1) is 12.1. The summed E-state index contributed by atoms with van der Waals surface area (Å²) in [6.07, 6.45) is 0.358. The number of carbonyl (C=O) groups is 1. The molecule has 0 fully saturated rings. The number of alkyl carbamates (subject to hydrolysis) is 1. The number of fused-ring (bicyclic) bond motifs is 1. The van der Waals surface area contributed by atoms with Crippen molar-refractivity contribution >= 4 is 6.09 Å². The topological polar surface area (TPSA) is 82.4 Å². The summed E-state index contributed by atoms with van der Waals surface area (Å²) in [6.45, 7) is 0.193. The number of aliphatic hydroxyl groups is 1. The maximum absolute atomic E-state index is 12.1. The average Bonchev–Trinajstić information content (AvgIpc) is 2.61. The third kappa shape index (κ3) is 3.98. The first kappa shape index (κ1) is 17.0. The van der Waals surface area contributed by atoms with Gasteiger partial charge in [-0.15, -0.1) is 0 Å². The summed E-state index contributed by atoms with van der Waals surface area (Å²) in [7, 11) is 0. The number of rotatable bonds is 4. The molecule has 0 saturated carbocycles. The van der Waals surface area contributed by atoms with Gasteiger partial charge in [-0.1, -0.05) is 54.6 Å². The van der Waals surface area contributed by atoms with Crippen LogP contribution in [0.4, 0.5) is 4.79 Å². The molecule has 1 aliphatic carbocycles. The number of carbonyl (C=O) groups excluding carboxylic acids is 1. The van der Waals surface area contributed by atoms with Gasteiger partial charge in [0.1, 0.15) is 12.2 Å².